The molecule has 1 heterocycles. The van der Waals surface area contributed by atoms with Gasteiger partial charge in [-0.05, 0) is 37.3 Å². The van der Waals surface area contributed by atoms with Gasteiger partial charge in [0.2, 0.25) is 0 Å². The number of rotatable bonds is 5. The van der Waals surface area contributed by atoms with E-state index in [-0.39, 0.29) is 12.5 Å². The van der Waals surface area contributed by atoms with E-state index in [0.29, 0.717) is 28.6 Å². The van der Waals surface area contributed by atoms with Gasteiger partial charge in [-0.15, -0.1) is 0 Å². The highest BCUT2D eigenvalue weighted by molar-refractivity contribution is 6.30. The monoisotopic (exact) mass is 333 g/mol. The largest absolute Gasteiger partial charge is 0.450 e. The van der Waals surface area contributed by atoms with Gasteiger partial charge < -0.3 is 15.4 Å². The normalized spacial score (nSPS) is 10.0. The van der Waals surface area contributed by atoms with Crippen molar-refractivity contribution in [2.24, 2.45) is 0 Å². The zero-order valence-corrected chi connectivity index (χ0v) is 13.3. The van der Waals surface area contributed by atoms with Gasteiger partial charge in [-0.25, -0.2) is 4.79 Å². The van der Waals surface area contributed by atoms with Crippen LogP contribution in [-0.2, 0) is 11.3 Å². The minimum Gasteiger partial charge on any atom is -0.450 e. The number of benzene rings is 1. The highest BCUT2D eigenvalue weighted by Crippen LogP contribution is 2.16. The summed E-state index contributed by atoms with van der Waals surface area (Å²) < 4.78 is 4.76. The van der Waals surface area contributed by atoms with E-state index in [1.165, 1.54) is 6.20 Å². The summed E-state index contributed by atoms with van der Waals surface area (Å²) >= 11 is 5.88. The van der Waals surface area contributed by atoms with Gasteiger partial charge in [0.25, 0.3) is 5.91 Å². The lowest BCUT2D eigenvalue weighted by Gasteiger charge is -2.08. The summed E-state index contributed by atoms with van der Waals surface area (Å²) in [5.41, 5.74) is 1.59. The molecular weight excluding hydrogens is 318 g/mol. The summed E-state index contributed by atoms with van der Waals surface area (Å²) in [5.74, 6) is -0.285. The van der Waals surface area contributed by atoms with E-state index in [0.717, 1.165) is 0 Å². The highest BCUT2D eigenvalue weighted by atomic mass is 35.5. The lowest BCUT2D eigenvalue weighted by atomic mass is 10.2. The fourth-order valence-electron chi connectivity index (χ4n) is 1.83. The zero-order chi connectivity index (χ0) is 16.7. The Labute approximate surface area is 138 Å². The van der Waals surface area contributed by atoms with Gasteiger partial charge in [0.15, 0.2) is 0 Å². The van der Waals surface area contributed by atoms with Crippen molar-refractivity contribution < 1.29 is 14.3 Å². The van der Waals surface area contributed by atoms with Crippen LogP contribution in [0.5, 0.6) is 0 Å². The van der Waals surface area contributed by atoms with Gasteiger partial charge >= 0.3 is 6.09 Å². The quantitative estimate of drug-likeness (QED) is 0.880. The summed E-state index contributed by atoms with van der Waals surface area (Å²) in [4.78, 5) is 27.6. The highest BCUT2D eigenvalue weighted by Gasteiger charge is 2.09. The van der Waals surface area contributed by atoms with Crippen molar-refractivity contribution in [2.45, 2.75) is 13.5 Å². The number of carbonyl (C=O) groups is 2. The SMILES string of the molecule is CCOC(=O)NCc1cc(C(=O)Nc2cccc(Cl)c2)ccn1. The van der Waals surface area contributed by atoms with Gasteiger partial charge in [0, 0.05) is 22.5 Å². The van der Waals surface area contributed by atoms with Gasteiger partial charge in [-0.1, -0.05) is 17.7 Å². The zero-order valence-electron chi connectivity index (χ0n) is 12.5. The average molecular weight is 334 g/mol. The molecule has 7 heteroatoms. The maximum absolute atomic E-state index is 12.2. The second-order valence-electron chi connectivity index (χ2n) is 4.57. The van der Waals surface area contributed by atoms with Gasteiger partial charge in [0.05, 0.1) is 18.8 Å². The van der Waals surface area contributed by atoms with Crippen LogP contribution in [0.3, 0.4) is 0 Å². The van der Waals surface area contributed by atoms with Crippen molar-refractivity contribution in [3.8, 4) is 0 Å². The van der Waals surface area contributed by atoms with Crippen molar-refractivity contribution in [2.75, 3.05) is 11.9 Å². The third-order valence-electron chi connectivity index (χ3n) is 2.85. The van der Waals surface area contributed by atoms with Crippen LogP contribution >= 0.6 is 11.6 Å². The third kappa shape index (κ3) is 5.27. The summed E-state index contributed by atoms with van der Waals surface area (Å²) in [6.07, 6.45) is 0.984. The number of nitrogens with one attached hydrogen (secondary N) is 2. The molecule has 2 amide bonds. The molecule has 0 radical (unpaired) electrons. The number of carbonyl (C=O) groups excluding carboxylic acids is 2. The van der Waals surface area contributed by atoms with Crippen LogP contribution in [0.15, 0.2) is 42.6 Å². The number of amides is 2. The number of anilines is 1. The Hall–Kier alpha value is -2.60. The van der Waals surface area contributed by atoms with E-state index in [2.05, 4.69) is 15.6 Å². The first-order valence-electron chi connectivity index (χ1n) is 7.01. The molecule has 0 fully saturated rings. The standard InChI is InChI=1S/C16H16ClN3O3/c1-2-23-16(22)19-10-14-8-11(6-7-18-14)15(21)20-13-5-3-4-12(17)9-13/h3-9H,2,10H2,1H3,(H,19,22)(H,20,21). The van der Waals surface area contributed by atoms with Crippen molar-refractivity contribution in [3.63, 3.8) is 0 Å². The van der Waals surface area contributed by atoms with Crippen LogP contribution in [0.4, 0.5) is 10.5 Å². The summed E-state index contributed by atoms with van der Waals surface area (Å²) in [6.45, 7) is 2.19. The molecule has 0 saturated heterocycles. The van der Waals surface area contributed by atoms with E-state index in [1.807, 2.05) is 0 Å². The van der Waals surface area contributed by atoms with Crippen molar-refractivity contribution in [3.05, 3.63) is 58.9 Å². The molecule has 0 bridgehead atoms. The smallest absolute Gasteiger partial charge is 0.407 e. The maximum atomic E-state index is 12.2. The van der Waals surface area contributed by atoms with Crippen LogP contribution in [-0.4, -0.2) is 23.6 Å². The first-order valence-corrected chi connectivity index (χ1v) is 7.38. The van der Waals surface area contributed by atoms with Crippen LogP contribution in [0, 0.1) is 0 Å². The van der Waals surface area contributed by atoms with Crippen LogP contribution < -0.4 is 10.6 Å². The molecule has 0 aliphatic rings. The van der Waals surface area contributed by atoms with Gasteiger partial charge in [0.1, 0.15) is 0 Å². The summed E-state index contributed by atoms with van der Waals surface area (Å²) in [5, 5.41) is 5.84. The molecule has 120 valence electrons. The number of pyridine rings is 1. The number of halogens is 1. The third-order valence-corrected chi connectivity index (χ3v) is 3.09. The van der Waals surface area contributed by atoms with E-state index >= 15 is 0 Å². The lowest BCUT2D eigenvalue weighted by Crippen LogP contribution is -2.24. The predicted octanol–water partition coefficient (Wildman–Crippen LogP) is 3.23. The van der Waals surface area contributed by atoms with Crippen LogP contribution in [0.2, 0.25) is 5.02 Å². The molecule has 2 rings (SSSR count). The Morgan fingerprint density at radius 3 is 2.83 bits per heavy atom. The molecule has 1 aromatic heterocycles. The van der Waals surface area contributed by atoms with Gasteiger partial charge in [-0.3, -0.25) is 9.78 Å². The number of hydrogen-bond acceptors (Lipinski definition) is 4. The topological polar surface area (TPSA) is 80.3 Å². The second kappa shape index (κ2) is 8.14. The number of aromatic nitrogens is 1. The Bertz CT molecular complexity index is 706. The molecule has 0 unspecified atom stereocenters. The molecule has 2 aromatic rings. The molecular formula is C16H16ClN3O3. The molecule has 0 aliphatic carbocycles. The Morgan fingerprint density at radius 2 is 2.09 bits per heavy atom. The van der Waals surface area contributed by atoms with Crippen molar-refractivity contribution >= 4 is 29.3 Å². The minimum absolute atomic E-state index is 0.178. The van der Waals surface area contributed by atoms with E-state index in [1.54, 1.807) is 43.3 Å². The Balaban J connectivity index is 2.01. The fraction of sp³-hybridized carbons (Fsp3) is 0.188. The first kappa shape index (κ1) is 16.8. The molecule has 6 nitrogen and oxygen atoms in total. The predicted molar refractivity (Wildman–Crippen MR) is 87.5 cm³/mol. The molecule has 0 saturated carbocycles. The molecule has 0 aliphatic heterocycles. The van der Waals surface area contributed by atoms with E-state index < -0.39 is 6.09 Å². The fourth-order valence-corrected chi connectivity index (χ4v) is 2.02. The number of hydrogen-bond donors (Lipinski definition) is 2. The second-order valence-corrected chi connectivity index (χ2v) is 5.01. The van der Waals surface area contributed by atoms with Crippen molar-refractivity contribution in [1.82, 2.24) is 10.3 Å². The number of ether oxygens (including phenoxy) is 1. The lowest BCUT2D eigenvalue weighted by molar-refractivity contribution is 0.102. The van der Waals surface area contributed by atoms with E-state index in [4.69, 9.17) is 16.3 Å². The summed E-state index contributed by atoms with van der Waals surface area (Å²) in [7, 11) is 0. The van der Waals surface area contributed by atoms with Crippen molar-refractivity contribution in [1.29, 1.82) is 0 Å². The number of nitrogens with zero attached hydrogens (tertiary/aromatic N) is 1. The molecule has 1 aromatic carbocycles. The Kier molecular flexibility index (Phi) is 5.94. The maximum Gasteiger partial charge on any atom is 0.407 e. The van der Waals surface area contributed by atoms with Gasteiger partial charge in [-0.2, -0.15) is 0 Å². The van der Waals surface area contributed by atoms with Crippen LogP contribution in [0.1, 0.15) is 23.0 Å². The summed E-state index contributed by atoms with van der Waals surface area (Å²) in [6, 6.07) is 10.1. The minimum atomic E-state index is -0.525. The van der Waals surface area contributed by atoms with E-state index in [9.17, 15) is 9.59 Å². The van der Waals surface area contributed by atoms with Crippen LogP contribution in [0.25, 0.3) is 0 Å². The number of alkyl carbamates (subject to hydrolysis) is 1. The molecule has 0 spiro atoms. The average Bonchev–Trinajstić information content (AvgIpc) is 2.53. The Morgan fingerprint density at radius 1 is 1.26 bits per heavy atom. The molecule has 23 heavy (non-hydrogen) atoms. The molecule has 0 atom stereocenters. The first-order chi connectivity index (χ1) is 11.1. The molecule has 2 N–H and O–H groups in total.